The summed E-state index contributed by atoms with van der Waals surface area (Å²) in [4.78, 5) is 4.56. The fourth-order valence-electron chi connectivity index (χ4n) is 2.43. The molecule has 0 atom stereocenters. The van der Waals surface area contributed by atoms with Gasteiger partial charge in [0.2, 0.25) is 5.13 Å². The number of benzene rings is 2. The van der Waals surface area contributed by atoms with Gasteiger partial charge in [0.05, 0.1) is 18.5 Å². The molecule has 0 aliphatic rings. The lowest BCUT2D eigenvalue weighted by Gasteiger charge is -2.05. The molecule has 0 saturated carbocycles. The first-order chi connectivity index (χ1) is 13.2. The summed E-state index contributed by atoms with van der Waals surface area (Å²) < 4.78 is 6.77. The van der Waals surface area contributed by atoms with Crippen molar-refractivity contribution in [3.05, 3.63) is 63.9 Å². The average molecular weight is 444 g/mol. The van der Waals surface area contributed by atoms with Crippen LogP contribution in [0, 0.1) is 0 Å². The molecule has 0 saturated heterocycles. The Labute approximate surface area is 172 Å². The molecule has 0 bridgehead atoms. The fraction of sp³-hybridized carbons (Fsp3) is 0.238. The maximum atomic E-state index is 5.72. The molecule has 0 fully saturated rings. The summed E-state index contributed by atoms with van der Waals surface area (Å²) in [6, 6.07) is 16.0. The molecule has 3 aromatic rings. The van der Waals surface area contributed by atoms with Gasteiger partial charge in [-0.2, -0.15) is 5.10 Å². The highest BCUT2D eigenvalue weighted by atomic mass is 79.9. The minimum absolute atomic E-state index is 0.764. The van der Waals surface area contributed by atoms with Crippen LogP contribution in [0.5, 0.6) is 5.75 Å². The zero-order chi connectivity index (χ0) is 18.9. The number of hydrogen-bond donors (Lipinski definition) is 1. The van der Waals surface area contributed by atoms with Crippen molar-refractivity contribution < 1.29 is 4.74 Å². The number of thiazole rings is 1. The SMILES string of the molecule is CCCCCOc1ccc(/C=N\Nc2nc(-c3ccc(Br)cc3)cs2)cc1. The van der Waals surface area contributed by atoms with Crippen molar-refractivity contribution >= 4 is 38.6 Å². The minimum Gasteiger partial charge on any atom is -0.494 e. The molecule has 0 spiro atoms. The summed E-state index contributed by atoms with van der Waals surface area (Å²) in [5, 5.41) is 7.06. The smallest absolute Gasteiger partial charge is 0.203 e. The second-order valence-electron chi connectivity index (χ2n) is 6.04. The van der Waals surface area contributed by atoms with Crippen molar-refractivity contribution in [3.8, 4) is 17.0 Å². The van der Waals surface area contributed by atoms with Crippen molar-refractivity contribution in [2.45, 2.75) is 26.2 Å². The Morgan fingerprint density at radius 2 is 1.89 bits per heavy atom. The molecule has 0 aliphatic heterocycles. The van der Waals surface area contributed by atoms with Crippen LogP contribution in [-0.2, 0) is 0 Å². The van der Waals surface area contributed by atoms with Gasteiger partial charge < -0.3 is 4.74 Å². The van der Waals surface area contributed by atoms with Crippen LogP contribution < -0.4 is 10.2 Å². The van der Waals surface area contributed by atoms with Crippen LogP contribution in [0.2, 0.25) is 0 Å². The highest BCUT2D eigenvalue weighted by Gasteiger charge is 2.03. The van der Waals surface area contributed by atoms with Crippen molar-refractivity contribution in [2.24, 2.45) is 5.10 Å². The molecule has 1 heterocycles. The van der Waals surface area contributed by atoms with Gasteiger partial charge in [-0.3, -0.25) is 5.43 Å². The number of ether oxygens (including phenoxy) is 1. The maximum absolute atomic E-state index is 5.72. The first-order valence-corrected chi connectivity index (χ1v) is 10.7. The van der Waals surface area contributed by atoms with E-state index in [2.05, 4.69) is 38.4 Å². The van der Waals surface area contributed by atoms with Gasteiger partial charge in [-0.15, -0.1) is 11.3 Å². The summed E-state index contributed by atoms with van der Waals surface area (Å²) >= 11 is 4.98. The number of nitrogens with zero attached hydrogens (tertiary/aromatic N) is 2. The van der Waals surface area contributed by atoms with E-state index in [1.165, 1.54) is 24.2 Å². The molecule has 0 amide bonds. The van der Waals surface area contributed by atoms with Crippen LogP contribution in [0.25, 0.3) is 11.3 Å². The van der Waals surface area contributed by atoms with Crippen LogP contribution in [0.15, 0.2) is 63.5 Å². The third-order valence-corrected chi connectivity index (χ3v) is 5.19. The predicted molar refractivity (Wildman–Crippen MR) is 118 cm³/mol. The number of aromatic nitrogens is 1. The van der Waals surface area contributed by atoms with Crippen molar-refractivity contribution in [1.29, 1.82) is 0 Å². The average Bonchev–Trinajstić information content (AvgIpc) is 3.16. The Balaban J connectivity index is 1.51. The molecular formula is C21H22BrN3OS. The molecular weight excluding hydrogens is 422 g/mol. The highest BCUT2D eigenvalue weighted by Crippen LogP contribution is 2.26. The summed E-state index contributed by atoms with van der Waals surface area (Å²) in [5.74, 6) is 0.898. The Hall–Kier alpha value is -2.18. The molecule has 0 unspecified atom stereocenters. The van der Waals surface area contributed by atoms with Crippen molar-refractivity contribution in [1.82, 2.24) is 4.98 Å². The summed E-state index contributed by atoms with van der Waals surface area (Å²) in [5.41, 5.74) is 6.03. The van der Waals surface area contributed by atoms with E-state index < -0.39 is 0 Å². The van der Waals surface area contributed by atoms with Crippen molar-refractivity contribution in [3.63, 3.8) is 0 Å². The van der Waals surface area contributed by atoms with Gasteiger partial charge in [0.15, 0.2) is 0 Å². The largest absolute Gasteiger partial charge is 0.494 e. The van der Waals surface area contributed by atoms with Gasteiger partial charge in [0, 0.05) is 15.4 Å². The molecule has 4 nitrogen and oxygen atoms in total. The third kappa shape index (κ3) is 6.19. The van der Waals surface area contributed by atoms with Gasteiger partial charge in [0.25, 0.3) is 0 Å². The fourth-order valence-corrected chi connectivity index (χ4v) is 3.37. The maximum Gasteiger partial charge on any atom is 0.203 e. The lowest BCUT2D eigenvalue weighted by atomic mass is 10.2. The molecule has 27 heavy (non-hydrogen) atoms. The summed E-state index contributed by atoms with van der Waals surface area (Å²) in [6.07, 6.45) is 5.29. The number of hydrogen-bond acceptors (Lipinski definition) is 5. The number of unbranched alkanes of at least 4 members (excludes halogenated alkanes) is 2. The normalized spacial score (nSPS) is 11.0. The van der Waals surface area contributed by atoms with E-state index in [0.29, 0.717) is 0 Å². The lowest BCUT2D eigenvalue weighted by molar-refractivity contribution is 0.306. The van der Waals surface area contributed by atoms with Gasteiger partial charge in [-0.05, 0) is 48.4 Å². The second kappa shape index (κ2) is 10.2. The Morgan fingerprint density at radius 1 is 1.11 bits per heavy atom. The first-order valence-electron chi connectivity index (χ1n) is 8.98. The van der Waals surface area contributed by atoms with Crippen LogP contribution in [-0.4, -0.2) is 17.8 Å². The second-order valence-corrected chi connectivity index (χ2v) is 7.81. The van der Waals surface area contributed by atoms with E-state index in [9.17, 15) is 0 Å². The molecule has 0 aliphatic carbocycles. The molecule has 0 radical (unpaired) electrons. The van der Waals surface area contributed by atoms with Gasteiger partial charge in [0.1, 0.15) is 5.75 Å². The molecule has 2 aromatic carbocycles. The van der Waals surface area contributed by atoms with E-state index in [1.807, 2.05) is 53.9 Å². The summed E-state index contributed by atoms with van der Waals surface area (Å²) in [6.45, 7) is 2.96. The molecule has 1 aromatic heterocycles. The topological polar surface area (TPSA) is 46.5 Å². The van der Waals surface area contributed by atoms with E-state index in [4.69, 9.17) is 4.74 Å². The quantitative estimate of drug-likeness (QED) is 0.230. The van der Waals surface area contributed by atoms with Crippen LogP contribution in [0.3, 0.4) is 0 Å². The molecule has 1 N–H and O–H groups in total. The third-order valence-electron chi connectivity index (χ3n) is 3.91. The zero-order valence-corrected chi connectivity index (χ0v) is 17.6. The summed E-state index contributed by atoms with van der Waals surface area (Å²) in [7, 11) is 0. The van der Waals surface area contributed by atoms with Crippen LogP contribution in [0.4, 0.5) is 5.13 Å². The van der Waals surface area contributed by atoms with E-state index in [-0.39, 0.29) is 0 Å². The first kappa shape index (κ1) is 19.6. The van der Waals surface area contributed by atoms with Crippen molar-refractivity contribution in [2.75, 3.05) is 12.0 Å². The van der Waals surface area contributed by atoms with Gasteiger partial charge >= 0.3 is 0 Å². The lowest BCUT2D eigenvalue weighted by Crippen LogP contribution is -1.97. The number of rotatable bonds is 9. The highest BCUT2D eigenvalue weighted by molar-refractivity contribution is 9.10. The molecule has 140 valence electrons. The van der Waals surface area contributed by atoms with Crippen LogP contribution in [0.1, 0.15) is 31.7 Å². The Morgan fingerprint density at radius 3 is 2.63 bits per heavy atom. The number of nitrogens with one attached hydrogen (secondary N) is 1. The predicted octanol–water partition coefficient (Wildman–Crippen LogP) is 6.59. The van der Waals surface area contributed by atoms with Gasteiger partial charge in [-0.1, -0.05) is 47.8 Å². The van der Waals surface area contributed by atoms with Gasteiger partial charge in [-0.25, -0.2) is 4.98 Å². The standard InChI is InChI=1S/C21H22BrN3OS/c1-2-3-4-13-26-19-11-5-16(6-12-19)14-23-25-21-24-20(15-27-21)17-7-9-18(22)10-8-17/h5-12,14-15H,2-4,13H2,1H3,(H,24,25)/b23-14-. The molecule has 3 rings (SSSR count). The Bertz CT molecular complexity index is 860. The zero-order valence-electron chi connectivity index (χ0n) is 15.2. The number of hydrazone groups is 1. The van der Waals surface area contributed by atoms with E-state index in [0.717, 1.165) is 45.2 Å². The van der Waals surface area contributed by atoms with E-state index in [1.54, 1.807) is 6.21 Å². The monoisotopic (exact) mass is 443 g/mol. The minimum atomic E-state index is 0.764. The number of anilines is 1. The van der Waals surface area contributed by atoms with Crippen LogP contribution >= 0.6 is 27.3 Å². The number of halogens is 1. The molecule has 6 heteroatoms. The van der Waals surface area contributed by atoms with E-state index >= 15 is 0 Å². The Kier molecular flexibility index (Phi) is 7.42.